The molecule has 0 fully saturated rings. The van der Waals surface area contributed by atoms with Gasteiger partial charge in [0.2, 0.25) is 5.91 Å². The number of benzene rings is 2. The first-order valence-corrected chi connectivity index (χ1v) is 11.3. The van der Waals surface area contributed by atoms with Crippen LogP contribution < -0.4 is 10.1 Å². The third kappa shape index (κ3) is 3.41. The average Bonchev–Trinajstić information content (AvgIpc) is 3.13. The molecule has 0 saturated heterocycles. The Labute approximate surface area is 185 Å². The van der Waals surface area contributed by atoms with Crippen molar-refractivity contribution in [2.24, 2.45) is 5.92 Å². The van der Waals surface area contributed by atoms with Crippen LogP contribution in [0.25, 0.3) is 0 Å². The molecule has 0 bridgehead atoms. The lowest BCUT2D eigenvalue weighted by Gasteiger charge is -2.27. The summed E-state index contributed by atoms with van der Waals surface area (Å²) >= 11 is 1.50. The van der Waals surface area contributed by atoms with E-state index < -0.39 is 11.9 Å². The predicted molar refractivity (Wildman–Crippen MR) is 120 cm³/mol. The van der Waals surface area contributed by atoms with E-state index in [-0.39, 0.29) is 5.91 Å². The number of carbonyl (C=O) groups excluding carboxylic acids is 2. The summed E-state index contributed by atoms with van der Waals surface area (Å²) in [7, 11) is 1.38. The standard InChI is InChI=1S/C25H23NO4S/c1-14-11-12-17-20(13-14)31-24(22(17)25(28)29-2)26-23(27)21-15-7-3-5-9-18(15)30-19-10-6-4-8-16(19)21/h3-10,14,21H,11-13H2,1-2H3,(H,26,27). The summed E-state index contributed by atoms with van der Waals surface area (Å²) in [5, 5.41) is 3.65. The molecule has 2 heterocycles. The summed E-state index contributed by atoms with van der Waals surface area (Å²) in [5.74, 6) is 0.817. The predicted octanol–water partition coefficient (Wildman–Crippen LogP) is 5.54. The van der Waals surface area contributed by atoms with Crippen LogP contribution in [0.2, 0.25) is 0 Å². The molecule has 3 aromatic rings. The number of esters is 1. The zero-order valence-electron chi connectivity index (χ0n) is 17.4. The van der Waals surface area contributed by atoms with Gasteiger partial charge in [-0.1, -0.05) is 43.3 Å². The van der Waals surface area contributed by atoms with Crippen molar-refractivity contribution < 1.29 is 19.1 Å². The molecule has 31 heavy (non-hydrogen) atoms. The van der Waals surface area contributed by atoms with Crippen molar-refractivity contribution in [3.63, 3.8) is 0 Å². The molecule has 2 aliphatic rings. The maximum atomic E-state index is 13.6. The Hall–Kier alpha value is -3.12. The third-order valence-electron chi connectivity index (χ3n) is 6.08. The van der Waals surface area contributed by atoms with E-state index in [1.807, 2.05) is 48.5 Å². The van der Waals surface area contributed by atoms with Gasteiger partial charge in [0.15, 0.2) is 0 Å². The summed E-state index contributed by atoms with van der Waals surface area (Å²) in [5.41, 5.74) is 3.16. The monoisotopic (exact) mass is 433 g/mol. The lowest BCUT2D eigenvalue weighted by atomic mass is 9.87. The van der Waals surface area contributed by atoms with Crippen molar-refractivity contribution in [2.75, 3.05) is 12.4 Å². The molecule has 0 saturated carbocycles. The zero-order chi connectivity index (χ0) is 21.5. The number of carbonyl (C=O) groups is 2. The van der Waals surface area contributed by atoms with E-state index in [4.69, 9.17) is 9.47 Å². The Bertz CT molecular complexity index is 1140. The van der Waals surface area contributed by atoms with Gasteiger partial charge in [0.25, 0.3) is 0 Å². The second-order valence-electron chi connectivity index (χ2n) is 8.15. The normalized spacial score (nSPS) is 17.0. The number of fused-ring (bicyclic) bond motifs is 3. The van der Waals surface area contributed by atoms with Crippen molar-refractivity contribution in [1.29, 1.82) is 0 Å². The second kappa shape index (κ2) is 7.85. The Kier molecular flexibility index (Phi) is 5.02. The van der Waals surface area contributed by atoms with Crippen LogP contribution in [0.3, 0.4) is 0 Å². The number of para-hydroxylation sites is 2. The van der Waals surface area contributed by atoms with Crippen LogP contribution in [0.15, 0.2) is 48.5 Å². The first-order chi connectivity index (χ1) is 15.1. The van der Waals surface area contributed by atoms with E-state index in [9.17, 15) is 9.59 Å². The number of thiophene rings is 1. The molecule has 5 nitrogen and oxygen atoms in total. The Morgan fingerprint density at radius 1 is 1.06 bits per heavy atom. The minimum Gasteiger partial charge on any atom is -0.465 e. The largest absolute Gasteiger partial charge is 0.465 e. The SMILES string of the molecule is COC(=O)c1c(NC(=O)C2c3ccccc3Oc3ccccc32)sc2c1CCC(C)C2. The quantitative estimate of drug-likeness (QED) is 0.551. The first-order valence-electron chi connectivity index (χ1n) is 10.5. The maximum Gasteiger partial charge on any atom is 0.341 e. The lowest BCUT2D eigenvalue weighted by molar-refractivity contribution is -0.116. The second-order valence-corrected chi connectivity index (χ2v) is 9.25. The van der Waals surface area contributed by atoms with Crippen molar-refractivity contribution in [2.45, 2.75) is 32.1 Å². The molecule has 0 radical (unpaired) electrons. The van der Waals surface area contributed by atoms with Crippen molar-refractivity contribution in [1.82, 2.24) is 0 Å². The van der Waals surface area contributed by atoms with Crippen LogP contribution in [0.5, 0.6) is 11.5 Å². The highest BCUT2D eigenvalue weighted by atomic mass is 32.1. The summed E-state index contributed by atoms with van der Waals surface area (Å²) in [6.07, 6.45) is 2.78. The van der Waals surface area contributed by atoms with E-state index >= 15 is 0 Å². The Balaban J connectivity index is 1.55. The Morgan fingerprint density at radius 3 is 2.35 bits per heavy atom. The highest BCUT2D eigenvalue weighted by Gasteiger charge is 2.35. The summed E-state index contributed by atoms with van der Waals surface area (Å²) < 4.78 is 11.1. The van der Waals surface area contributed by atoms with Gasteiger partial charge >= 0.3 is 5.97 Å². The van der Waals surface area contributed by atoms with Crippen LogP contribution in [0, 0.1) is 5.92 Å². The minimum absolute atomic E-state index is 0.181. The van der Waals surface area contributed by atoms with E-state index in [0.717, 1.165) is 36.0 Å². The first kappa shape index (κ1) is 19.8. The highest BCUT2D eigenvalue weighted by Crippen LogP contribution is 2.45. The zero-order valence-corrected chi connectivity index (χ0v) is 18.3. The number of hydrogen-bond donors (Lipinski definition) is 1. The van der Waals surface area contributed by atoms with Crippen LogP contribution in [-0.2, 0) is 22.4 Å². The number of anilines is 1. The van der Waals surface area contributed by atoms with Gasteiger partial charge in [-0.15, -0.1) is 11.3 Å². The molecule has 1 amide bonds. The summed E-state index contributed by atoms with van der Waals surface area (Å²) in [6.45, 7) is 2.22. The molecule has 1 N–H and O–H groups in total. The highest BCUT2D eigenvalue weighted by molar-refractivity contribution is 7.17. The summed E-state index contributed by atoms with van der Waals surface area (Å²) in [6, 6.07) is 15.2. The third-order valence-corrected chi connectivity index (χ3v) is 7.25. The fourth-order valence-corrected chi connectivity index (χ4v) is 5.94. The topological polar surface area (TPSA) is 64.6 Å². The van der Waals surface area contributed by atoms with Crippen molar-refractivity contribution in [3.8, 4) is 11.5 Å². The molecule has 1 aliphatic heterocycles. The molecule has 6 heteroatoms. The van der Waals surface area contributed by atoms with Gasteiger partial charge in [-0.3, -0.25) is 4.79 Å². The van der Waals surface area contributed by atoms with Gasteiger partial charge in [0.05, 0.1) is 18.6 Å². The molecular formula is C25H23NO4S. The number of methoxy groups -OCH3 is 1. The van der Waals surface area contributed by atoms with E-state index in [1.165, 1.54) is 23.3 Å². The number of amides is 1. The van der Waals surface area contributed by atoms with Crippen molar-refractivity contribution >= 4 is 28.2 Å². The van der Waals surface area contributed by atoms with Crippen LogP contribution in [0.4, 0.5) is 5.00 Å². The lowest BCUT2D eigenvalue weighted by Crippen LogP contribution is -2.25. The number of rotatable bonds is 3. The molecule has 1 aromatic heterocycles. The number of ether oxygens (including phenoxy) is 2. The molecule has 1 aliphatic carbocycles. The van der Waals surface area contributed by atoms with Crippen LogP contribution in [0.1, 0.15) is 51.2 Å². The van der Waals surface area contributed by atoms with Crippen LogP contribution >= 0.6 is 11.3 Å². The van der Waals surface area contributed by atoms with Crippen molar-refractivity contribution in [3.05, 3.63) is 75.7 Å². The fraction of sp³-hybridized carbons (Fsp3) is 0.280. The molecule has 0 spiro atoms. The van der Waals surface area contributed by atoms with E-state index in [2.05, 4.69) is 12.2 Å². The minimum atomic E-state index is -0.523. The molecule has 1 atom stereocenters. The Morgan fingerprint density at radius 2 is 1.71 bits per heavy atom. The number of nitrogens with one attached hydrogen (secondary N) is 1. The average molecular weight is 434 g/mol. The number of hydrogen-bond acceptors (Lipinski definition) is 5. The van der Waals surface area contributed by atoms with Gasteiger partial charge in [0, 0.05) is 16.0 Å². The molecule has 158 valence electrons. The fourth-order valence-electron chi connectivity index (χ4n) is 4.53. The van der Waals surface area contributed by atoms with E-state index in [1.54, 1.807) is 0 Å². The van der Waals surface area contributed by atoms with Crippen LogP contribution in [-0.4, -0.2) is 19.0 Å². The van der Waals surface area contributed by atoms with Gasteiger partial charge in [-0.2, -0.15) is 0 Å². The van der Waals surface area contributed by atoms with E-state index in [0.29, 0.717) is 28.0 Å². The van der Waals surface area contributed by atoms with Gasteiger partial charge < -0.3 is 14.8 Å². The summed E-state index contributed by atoms with van der Waals surface area (Å²) in [4.78, 5) is 27.4. The molecular weight excluding hydrogens is 410 g/mol. The van der Waals surface area contributed by atoms with Gasteiger partial charge in [-0.25, -0.2) is 4.79 Å². The maximum absolute atomic E-state index is 13.6. The molecule has 5 rings (SSSR count). The van der Waals surface area contributed by atoms with Gasteiger partial charge in [0.1, 0.15) is 16.5 Å². The molecule has 2 aromatic carbocycles. The smallest absolute Gasteiger partial charge is 0.341 e. The van der Waals surface area contributed by atoms with Gasteiger partial charge in [-0.05, 0) is 42.9 Å². The molecule has 1 unspecified atom stereocenters.